The van der Waals surface area contributed by atoms with E-state index in [-0.39, 0.29) is 13.0 Å². The topological polar surface area (TPSA) is 63.4 Å². The van der Waals surface area contributed by atoms with Crippen LogP contribution >= 0.6 is 0 Å². The smallest absolute Gasteiger partial charge is 0.315 e. The lowest BCUT2D eigenvalue weighted by atomic mass is 9.93. The fourth-order valence-electron chi connectivity index (χ4n) is 2.13. The summed E-state index contributed by atoms with van der Waals surface area (Å²) in [6.07, 6.45) is -2.94. The predicted octanol–water partition coefficient (Wildman–Crippen LogP) is 0.690. The van der Waals surface area contributed by atoms with Gasteiger partial charge in [-0.25, -0.2) is 0 Å². The van der Waals surface area contributed by atoms with Crippen LogP contribution in [0.25, 0.3) is 0 Å². The van der Waals surface area contributed by atoms with Crippen molar-refractivity contribution < 1.29 is 18.4 Å². The monoisotopic (exact) mass is 254 g/mol. The van der Waals surface area contributed by atoms with Gasteiger partial charge in [-0.05, 0) is 11.1 Å². The van der Waals surface area contributed by atoms with Crippen molar-refractivity contribution in [3.8, 4) is 0 Å². The zero-order valence-electron chi connectivity index (χ0n) is 9.48. The lowest BCUT2D eigenvalue weighted by molar-refractivity contribution is -0.150. The maximum atomic E-state index is 12.5. The number of benzene rings is 1. The Morgan fingerprint density at radius 3 is 2.44 bits per heavy atom. The van der Waals surface area contributed by atoms with E-state index in [4.69, 9.17) is 5.73 Å². The number of nitrogens with two attached hydrogens (primary N) is 1. The number of nitrogens with zero attached hydrogens (tertiary/aromatic N) is 1. The maximum Gasteiger partial charge on any atom is 0.315 e. The van der Waals surface area contributed by atoms with Crippen LogP contribution in [0.4, 0.5) is 8.78 Å². The van der Waals surface area contributed by atoms with E-state index in [0.29, 0.717) is 0 Å². The molecule has 1 aromatic carbocycles. The zero-order chi connectivity index (χ0) is 13.3. The van der Waals surface area contributed by atoms with Crippen molar-refractivity contribution in [3.63, 3.8) is 0 Å². The fraction of sp³-hybridized carbons (Fsp3) is 0.333. The molecule has 2 N–H and O–H groups in total. The molecule has 0 saturated heterocycles. The number of rotatable bonds is 2. The van der Waals surface area contributed by atoms with Crippen LogP contribution in [0.3, 0.4) is 0 Å². The molecule has 6 heteroatoms. The van der Waals surface area contributed by atoms with Crippen LogP contribution < -0.4 is 5.73 Å². The van der Waals surface area contributed by atoms with Crippen molar-refractivity contribution in [2.24, 2.45) is 5.73 Å². The zero-order valence-corrected chi connectivity index (χ0v) is 9.48. The van der Waals surface area contributed by atoms with Crippen molar-refractivity contribution in [1.82, 2.24) is 4.90 Å². The number of primary amides is 1. The minimum Gasteiger partial charge on any atom is -0.368 e. The largest absolute Gasteiger partial charge is 0.368 e. The van der Waals surface area contributed by atoms with Crippen molar-refractivity contribution in [1.29, 1.82) is 0 Å². The molecule has 96 valence electrons. The third-order valence-corrected chi connectivity index (χ3v) is 3.05. The average Bonchev–Trinajstić information content (AvgIpc) is 2.36. The summed E-state index contributed by atoms with van der Waals surface area (Å²) in [7, 11) is 0. The molecule has 1 atom stereocenters. The van der Waals surface area contributed by atoms with E-state index in [1.165, 1.54) is 0 Å². The van der Waals surface area contributed by atoms with Gasteiger partial charge < -0.3 is 10.6 Å². The van der Waals surface area contributed by atoms with Gasteiger partial charge in [-0.2, -0.15) is 8.78 Å². The minimum atomic E-state index is -3.13. The molecule has 2 amide bonds. The molecular weight excluding hydrogens is 242 g/mol. The summed E-state index contributed by atoms with van der Waals surface area (Å²) in [5.41, 5.74) is 6.80. The molecule has 0 bridgehead atoms. The summed E-state index contributed by atoms with van der Waals surface area (Å²) in [4.78, 5) is 23.5. The molecule has 2 rings (SSSR count). The first-order chi connectivity index (χ1) is 8.50. The molecule has 0 aromatic heterocycles. The normalized spacial score (nSPS) is 18.6. The highest BCUT2D eigenvalue weighted by molar-refractivity contribution is 5.88. The Bertz CT molecular complexity index is 491. The molecule has 0 spiro atoms. The Labute approximate surface area is 102 Å². The maximum absolute atomic E-state index is 12.5. The molecule has 0 saturated carbocycles. The Balaban J connectivity index is 2.34. The van der Waals surface area contributed by atoms with Crippen LogP contribution in [0.2, 0.25) is 0 Å². The standard InChI is InChI=1S/C12H12F2N2O2/c13-10(14)12(18)16-6-8-4-2-1-3-7(8)5-9(16)11(15)17/h1-4,9-10H,5-6H2,(H2,15,17)/t9-/m0/s1. The molecule has 1 heterocycles. The van der Waals surface area contributed by atoms with E-state index < -0.39 is 24.3 Å². The quantitative estimate of drug-likeness (QED) is 0.844. The van der Waals surface area contributed by atoms with Gasteiger partial charge in [-0.15, -0.1) is 0 Å². The molecule has 0 radical (unpaired) electrons. The Kier molecular flexibility index (Phi) is 3.27. The Morgan fingerprint density at radius 2 is 1.89 bits per heavy atom. The Morgan fingerprint density at radius 1 is 1.28 bits per heavy atom. The van der Waals surface area contributed by atoms with E-state index in [1.807, 2.05) is 0 Å². The number of fused-ring (bicyclic) bond motifs is 1. The van der Waals surface area contributed by atoms with Gasteiger partial charge in [0.2, 0.25) is 5.91 Å². The first-order valence-corrected chi connectivity index (χ1v) is 5.45. The van der Waals surface area contributed by atoms with Crippen LogP contribution in [0.5, 0.6) is 0 Å². The van der Waals surface area contributed by atoms with Gasteiger partial charge in [0.05, 0.1) is 0 Å². The molecule has 18 heavy (non-hydrogen) atoms. The molecule has 4 nitrogen and oxygen atoms in total. The van der Waals surface area contributed by atoms with E-state index in [9.17, 15) is 18.4 Å². The first-order valence-electron chi connectivity index (χ1n) is 5.45. The lowest BCUT2D eigenvalue weighted by Gasteiger charge is -2.34. The van der Waals surface area contributed by atoms with Gasteiger partial charge >= 0.3 is 6.43 Å². The highest BCUT2D eigenvalue weighted by atomic mass is 19.3. The average molecular weight is 254 g/mol. The van der Waals surface area contributed by atoms with E-state index >= 15 is 0 Å². The molecule has 0 unspecified atom stereocenters. The van der Waals surface area contributed by atoms with Crippen LogP contribution in [0.15, 0.2) is 24.3 Å². The van der Waals surface area contributed by atoms with E-state index in [2.05, 4.69) is 0 Å². The molecular formula is C12H12F2N2O2. The van der Waals surface area contributed by atoms with Crippen molar-refractivity contribution in [2.45, 2.75) is 25.4 Å². The van der Waals surface area contributed by atoms with E-state index in [1.54, 1.807) is 24.3 Å². The first kappa shape index (κ1) is 12.5. The van der Waals surface area contributed by atoms with Gasteiger partial charge in [0.25, 0.3) is 5.91 Å². The summed E-state index contributed by atoms with van der Waals surface area (Å²) in [5, 5.41) is 0. The molecule has 1 aromatic rings. The number of alkyl halides is 2. The molecule has 1 aliphatic rings. The summed E-state index contributed by atoms with van der Waals surface area (Å²) in [6, 6.07) is 6.10. The number of amides is 2. The summed E-state index contributed by atoms with van der Waals surface area (Å²) < 4.78 is 25.0. The second kappa shape index (κ2) is 4.72. The van der Waals surface area contributed by atoms with Gasteiger partial charge in [0.1, 0.15) is 6.04 Å². The van der Waals surface area contributed by atoms with Gasteiger partial charge in [0, 0.05) is 13.0 Å². The highest BCUT2D eigenvalue weighted by Gasteiger charge is 2.36. The van der Waals surface area contributed by atoms with Crippen molar-refractivity contribution >= 4 is 11.8 Å². The summed E-state index contributed by atoms with van der Waals surface area (Å²) in [5.74, 6) is -2.12. The summed E-state index contributed by atoms with van der Waals surface area (Å²) >= 11 is 0. The van der Waals surface area contributed by atoms with Crippen molar-refractivity contribution in [3.05, 3.63) is 35.4 Å². The number of hydrogen-bond donors (Lipinski definition) is 1. The second-order valence-electron chi connectivity index (χ2n) is 4.16. The molecule has 0 aliphatic carbocycles. The summed E-state index contributed by atoms with van der Waals surface area (Å²) in [6.45, 7) is -0.00699. The third-order valence-electron chi connectivity index (χ3n) is 3.05. The number of hydrogen-bond acceptors (Lipinski definition) is 2. The molecule has 1 aliphatic heterocycles. The lowest BCUT2D eigenvalue weighted by Crippen LogP contribution is -2.52. The van der Waals surface area contributed by atoms with Crippen LogP contribution in [0.1, 0.15) is 11.1 Å². The highest BCUT2D eigenvalue weighted by Crippen LogP contribution is 2.24. The number of carbonyl (C=O) groups excluding carboxylic acids is 2. The third kappa shape index (κ3) is 2.18. The minimum absolute atomic E-state index is 0.00699. The SMILES string of the molecule is NC(=O)[C@@H]1Cc2ccccc2CN1C(=O)C(F)F. The van der Waals surface area contributed by atoms with Crippen LogP contribution in [-0.2, 0) is 22.6 Å². The second-order valence-corrected chi connectivity index (χ2v) is 4.16. The molecule has 0 fully saturated rings. The number of halogens is 2. The fourth-order valence-corrected chi connectivity index (χ4v) is 2.13. The van der Waals surface area contributed by atoms with Gasteiger partial charge in [-0.3, -0.25) is 9.59 Å². The van der Waals surface area contributed by atoms with Crippen LogP contribution in [-0.4, -0.2) is 29.2 Å². The predicted molar refractivity (Wildman–Crippen MR) is 59.7 cm³/mol. The van der Waals surface area contributed by atoms with Gasteiger partial charge in [-0.1, -0.05) is 24.3 Å². The van der Waals surface area contributed by atoms with Crippen molar-refractivity contribution in [2.75, 3.05) is 0 Å². The van der Waals surface area contributed by atoms with Gasteiger partial charge in [0.15, 0.2) is 0 Å². The van der Waals surface area contributed by atoms with E-state index in [0.717, 1.165) is 16.0 Å². The Hall–Kier alpha value is -1.98. The number of carbonyl (C=O) groups is 2. The van der Waals surface area contributed by atoms with Crippen LogP contribution in [0, 0.1) is 0 Å².